The second kappa shape index (κ2) is 6.80. The molecule has 0 aromatic heterocycles. The van der Waals surface area contributed by atoms with E-state index in [1.807, 2.05) is 0 Å². The van der Waals surface area contributed by atoms with Gasteiger partial charge in [-0.15, -0.1) is 0 Å². The quantitative estimate of drug-likeness (QED) is 0.661. The second-order valence-corrected chi connectivity index (χ2v) is 4.26. The van der Waals surface area contributed by atoms with Crippen LogP contribution in [-0.4, -0.2) is 37.7 Å². The Bertz CT molecular complexity index is 195. The van der Waals surface area contributed by atoms with E-state index in [1.165, 1.54) is 0 Å². The molecular formula is C11H22N2O2. The van der Waals surface area contributed by atoms with Crippen molar-refractivity contribution in [1.82, 2.24) is 10.6 Å². The van der Waals surface area contributed by atoms with Gasteiger partial charge in [-0.3, -0.25) is 4.79 Å². The molecule has 1 aliphatic heterocycles. The topological polar surface area (TPSA) is 50.4 Å². The van der Waals surface area contributed by atoms with Gasteiger partial charge in [0.2, 0.25) is 5.91 Å². The van der Waals surface area contributed by atoms with Gasteiger partial charge in [0.1, 0.15) is 6.10 Å². The minimum absolute atomic E-state index is 0.0528. The van der Waals surface area contributed by atoms with Crippen LogP contribution in [0, 0.1) is 0 Å². The molecule has 0 aromatic carbocycles. The van der Waals surface area contributed by atoms with Crippen molar-refractivity contribution < 1.29 is 9.53 Å². The number of carbonyl (C=O) groups excluding carboxylic acids is 1. The summed E-state index contributed by atoms with van der Waals surface area (Å²) in [5, 5.41) is 6.12. The molecule has 1 unspecified atom stereocenters. The lowest BCUT2D eigenvalue weighted by Gasteiger charge is -2.15. The van der Waals surface area contributed by atoms with Crippen molar-refractivity contribution in [3.63, 3.8) is 0 Å². The van der Waals surface area contributed by atoms with E-state index in [4.69, 9.17) is 4.74 Å². The number of carbonyl (C=O) groups is 1. The van der Waals surface area contributed by atoms with E-state index in [0.717, 1.165) is 32.4 Å². The molecule has 4 heteroatoms. The third-order valence-electron chi connectivity index (χ3n) is 2.46. The van der Waals surface area contributed by atoms with Crippen LogP contribution in [0.25, 0.3) is 0 Å². The van der Waals surface area contributed by atoms with Crippen molar-refractivity contribution in [1.29, 1.82) is 0 Å². The summed E-state index contributed by atoms with van der Waals surface area (Å²) in [6.07, 6.45) is 2.76. The highest BCUT2D eigenvalue weighted by molar-refractivity contribution is 5.80. The molecule has 88 valence electrons. The van der Waals surface area contributed by atoms with Crippen LogP contribution in [0.5, 0.6) is 0 Å². The maximum atomic E-state index is 11.5. The Morgan fingerprint density at radius 2 is 2.33 bits per heavy atom. The zero-order valence-corrected chi connectivity index (χ0v) is 9.71. The van der Waals surface area contributed by atoms with Crippen molar-refractivity contribution in [2.75, 3.05) is 19.7 Å². The van der Waals surface area contributed by atoms with Gasteiger partial charge in [-0.1, -0.05) is 13.8 Å². The van der Waals surface area contributed by atoms with Crippen molar-refractivity contribution in [3.05, 3.63) is 0 Å². The molecule has 4 nitrogen and oxygen atoms in total. The summed E-state index contributed by atoms with van der Waals surface area (Å²) in [5.74, 6) is 0.0528. The zero-order chi connectivity index (χ0) is 11.1. The Labute approximate surface area is 91.8 Å². The lowest BCUT2D eigenvalue weighted by Crippen LogP contribution is -2.36. The van der Waals surface area contributed by atoms with Gasteiger partial charge in [0.15, 0.2) is 0 Å². The number of ether oxygens (including phenoxy) is 1. The fraction of sp³-hybridized carbons (Fsp3) is 0.909. The Hall–Kier alpha value is -0.610. The normalized spacial score (nSPS) is 22.6. The lowest BCUT2D eigenvalue weighted by atomic mass is 10.2. The molecule has 1 amide bonds. The SMILES string of the molecule is CC(C)NCCOC1CCCCNC1=O. The standard InChI is InChI=1S/C11H22N2O2/c1-9(2)12-7-8-15-10-5-3-4-6-13-11(10)14/h9-10,12H,3-8H2,1-2H3,(H,13,14). The maximum absolute atomic E-state index is 11.5. The second-order valence-electron chi connectivity index (χ2n) is 4.26. The summed E-state index contributed by atoms with van der Waals surface area (Å²) in [4.78, 5) is 11.5. The molecule has 1 fully saturated rings. The Balaban J connectivity index is 2.15. The molecule has 15 heavy (non-hydrogen) atoms. The highest BCUT2D eigenvalue weighted by Crippen LogP contribution is 2.08. The van der Waals surface area contributed by atoms with Crippen molar-refractivity contribution in [2.45, 2.75) is 45.3 Å². The van der Waals surface area contributed by atoms with Crippen LogP contribution in [0.4, 0.5) is 0 Å². The molecule has 0 bridgehead atoms. The molecular weight excluding hydrogens is 192 g/mol. The Morgan fingerprint density at radius 1 is 1.53 bits per heavy atom. The van der Waals surface area contributed by atoms with Crippen LogP contribution in [0.2, 0.25) is 0 Å². The smallest absolute Gasteiger partial charge is 0.249 e. The first-order chi connectivity index (χ1) is 7.20. The highest BCUT2D eigenvalue weighted by atomic mass is 16.5. The van der Waals surface area contributed by atoms with E-state index in [2.05, 4.69) is 24.5 Å². The van der Waals surface area contributed by atoms with Gasteiger partial charge >= 0.3 is 0 Å². The average molecular weight is 214 g/mol. The van der Waals surface area contributed by atoms with E-state index in [1.54, 1.807) is 0 Å². The number of nitrogens with one attached hydrogen (secondary N) is 2. The summed E-state index contributed by atoms with van der Waals surface area (Å²) in [6, 6.07) is 0.469. The zero-order valence-electron chi connectivity index (χ0n) is 9.71. The third-order valence-corrected chi connectivity index (χ3v) is 2.46. The van der Waals surface area contributed by atoms with E-state index in [0.29, 0.717) is 12.6 Å². The largest absolute Gasteiger partial charge is 0.367 e. The van der Waals surface area contributed by atoms with E-state index in [-0.39, 0.29) is 12.0 Å². The van der Waals surface area contributed by atoms with Gasteiger partial charge < -0.3 is 15.4 Å². The van der Waals surface area contributed by atoms with Gasteiger partial charge in [0.05, 0.1) is 6.61 Å². The van der Waals surface area contributed by atoms with Crippen molar-refractivity contribution in [2.24, 2.45) is 0 Å². The van der Waals surface area contributed by atoms with Crippen LogP contribution in [0.1, 0.15) is 33.1 Å². The fourth-order valence-corrected chi connectivity index (χ4v) is 1.62. The monoisotopic (exact) mass is 214 g/mol. The van der Waals surface area contributed by atoms with Crippen LogP contribution in [0.3, 0.4) is 0 Å². The minimum atomic E-state index is -0.235. The average Bonchev–Trinajstić information content (AvgIpc) is 2.38. The number of hydrogen-bond donors (Lipinski definition) is 2. The molecule has 0 saturated carbocycles. The summed E-state index contributed by atoms with van der Waals surface area (Å²) in [7, 11) is 0. The van der Waals surface area contributed by atoms with Crippen molar-refractivity contribution in [3.8, 4) is 0 Å². The summed E-state index contributed by atoms with van der Waals surface area (Å²) < 4.78 is 5.55. The molecule has 1 atom stereocenters. The van der Waals surface area contributed by atoms with E-state index >= 15 is 0 Å². The summed E-state index contributed by atoms with van der Waals surface area (Å²) >= 11 is 0. The first-order valence-electron chi connectivity index (χ1n) is 5.83. The van der Waals surface area contributed by atoms with Gasteiger partial charge in [0, 0.05) is 19.1 Å². The van der Waals surface area contributed by atoms with Gasteiger partial charge in [-0.05, 0) is 19.3 Å². The van der Waals surface area contributed by atoms with E-state index < -0.39 is 0 Å². The predicted molar refractivity (Wildman–Crippen MR) is 59.7 cm³/mol. The highest BCUT2D eigenvalue weighted by Gasteiger charge is 2.20. The Morgan fingerprint density at radius 3 is 3.07 bits per heavy atom. The molecule has 0 spiro atoms. The molecule has 1 rings (SSSR count). The molecule has 1 heterocycles. The van der Waals surface area contributed by atoms with Crippen LogP contribution in [0.15, 0.2) is 0 Å². The van der Waals surface area contributed by atoms with E-state index in [9.17, 15) is 4.79 Å². The summed E-state index contributed by atoms with van der Waals surface area (Å²) in [5.41, 5.74) is 0. The number of hydrogen-bond acceptors (Lipinski definition) is 3. The summed E-state index contributed by atoms with van der Waals surface area (Å²) in [6.45, 7) is 6.40. The first-order valence-corrected chi connectivity index (χ1v) is 5.83. The molecule has 2 N–H and O–H groups in total. The molecule has 1 aliphatic rings. The van der Waals surface area contributed by atoms with Crippen LogP contribution in [-0.2, 0) is 9.53 Å². The molecule has 0 radical (unpaired) electrons. The Kier molecular flexibility index (Phi) is 5.65. The number of amides is 1. The fourth-order valence-electron chi connectivity index (χ4n) is 1.62. The maximum Gasteiger partial charge on any atom is 0.249 e. The molecule has 0 aliphatic carbocycles. The van der Waals surface area contributed by atoms with Gasteiger partial charge in [-0.2, -0.15) is 0 Å². The van der Waals surface area contributed by atoms with Gasteiger partial charge in [-0.25, -0.2) is 0 Å². The molecule has 0 aromatic rings. The van der Waals surface area contributed by atoms with Gasteiger partial charge in [0.25, 0.3) is 0 Å². The molecule has 1 saturated heterocycles. The predicted octanol–water partition coefficient (Wildman–Crippen LogP) is 0.670. The third kappa shape index (κ3) is 5.14. The van der Waals surface area contributed by atoms with Crippen molar-refractivity contribution >= 4 is 5.91 Å². The lowest BCUT2D eigenvalue weighted by molar-refractivity contribution is -0.132. The first kappa shape index (κ1) is 12.5. The minimum Gasteiger partial charge on any atom is -0.367 e. The van der Waals surface area contributed by atoms with Crippen LogP contribution >= 0.6 is 0 Å². The number of rotatable bonds is 5. The van der Waals surface area contributed by atoms with Crippen LogP contribution < -0.4 is 10.6 Å².